The lowest BCUT2D eigenvalue weighted by Gasteiger charge is -2.45. The van der Waals surface area contributed by atoms with E-state index in [4.69, 9.17) is 4.74 Å². The Balaban J connectivity index is 1.62. The molecule has 3 rings (SSSR count). The van der Waals surface area contributed by atoms with Crippen molar-refractivity contribution in [1.29, 1.82) is 0 Å². The molecular formula is C16H27NO2. The number of carbonyl (C=O) groups excluding carboxylic acids is 1. The van der Waals surface area contributed by atoms with Gasteiger partial charge in [-0.1, -0.05) is 19.8 Å². The molecule has 3 heteroatoms. The molecule has 0 aromatic heterocycles. The Hall–Kier alpha value is -0.410. The van der Waals surface area contributed by atoms with Gasteiger partial charge in [-0.15, -0.1) is 0 Å². The summed E-state index contributed by atoms with van der Waals surface area (Å²) in [4.78, 5) is 14.7. The van der Waals surface area contributed by atoms with Crippen molar-refractivity contribution in [1.82, 2.24) is 4.90 Å². The molecule has 1 aliphatic heterocycles. The number of fused-ring (bicyclic) bond motifs is 1. The van der Waals surface area contributed by atoms with Crippen molar-refractivity contribution in [3.05, 3.63) is 0 Å². The molecule has 0 bridgehead atoms. The number of hydrogen-bond donors (Lipinski definition) is 0. The molecule has 0 spiro atoms. The number of ketones is 1. The lowest BCUT2D eigenvalue weighted by atomic mass is 9.80. The molecular weight excluding hydrogens is 238 g/mol. The first-order valence-corrected chi connectivity index (χ1v) is 8.12. The lowest BCUT2D eigenvalue weighted by molar-refractivity contribution is -0.130. The molecule has 2 aliphatic carbocycles. The van der Waals surface area contributed by atoms with Crippen LogP contribution < -0.4 is 0 Å². The molecule has 1 saturated heterocycles. The standard InChI is InChI=1S/C16H27NO2/c1-12-6-7-15(18)13(10-12)11-17-8-9-19-16-5-3-2-4-14(16)17/h12-14,16H,2-11H2,1H3. The van der Waals surface area contributed by atoms with Gasteiger partial charge in [0.05, 0.1) is 12.7 Å². The average molecular weight is 265 g/mol. The van der Waals surface area contributed by atoms with Crippen LogP contribution in [0.2, 0.25) is 0 Å². The molecule has 0 radical (unpaired) electrons. The van der Waals surface area contributed by atoms with Crippen molar-refractivity contribution in [3.63, 3.8) is 0 Å². The summed E-state index contributed by atoms with van der Waals surface area (Å²) in [6.45, 7) is 5.17. The molecule has 3 nitrogen and oxygen atoms in total. The molecule has 108 valence electrons. The number of ether oxygens (including phenoxy) is 1. The smallest absolute Gasteiger partial charge is 0.137 e. The van der Waals surface area contributed by atoms with Crippen LogP contribution in [-0.4, -0.2) is 42.5 Å². The fourth-order valence-electron chi connectivity index (χ4n) is 4.19. The molecule has 0 N–H and O–H groups in total. The van der Waals surface area contributed by atoms with Crippen LogP contribution in [0.1, 0.15) is 51.9 Å². The van der Waals surface area contributed by atoms with Gasteiger partial charge in [0, 0.05) is 31.5 Å². The highest BCUT2D eigenvalue weighted by molar-refractivity contribution is 5.81. The van der Waals surface area contributed by atoms with E-state index in [2.05, 4.69) is 11.8 Å². The van der Waals surface area contributed by atoms with Gasteiger partial charge < -0.3 is 4.74 Å². The summed E-state index contributed by atoms with van der Waals surface area (Å²) in [7, 11) is 0. The van der Waals surface area contributed by atoms with E-state index in [-0.39, 0.29) is 0 Å². The zero-order valence-corrected chi connectivity index (χ0v) is 12.1. The third-order valence-corrected chi connectivity index (χ3v) is 5.33. The second-order valence-corrected chi connectivity index (χ2v) is 6.80. The number of rotatable bonds is 2. The van der Waals surface area contributed by atoms with E-state index in [0.717, 1.165) is 44.9 Å². The van der Waals surface area contributed by atoms with Gasteiger partial charge in [0.25, 0.3) is 0 Å². The third kappa shape index (κ3) is 3.03. The van der Waals surface area contributed by atoms with Crippen LogP contribution in [-0.2, 0) is 9.53 Å². The minimum absolute atomic E-state index is 0.296. The van der Waals surface area contributed by atoms with Crippen molar-refractivity contribution in [2.45, 2.75) is 64.0 Å². The zero-order valence-electron chi connectivity index (χ0n) is 12.1. The van der Waals surface area contributed by atoms with E-state index in [1.54, 1.807) is 0 Å². The van der Waals surface area contributed by atoms with Crippen LogP contribution in [0, 0.1) is 11.8 Å². The maximum absolute atomic E-state index is 12.1. The van der Waals surface area contributed by atoms with Crippen molar-refractivity contribution in [2.75, 3.05) is 19.7 Å². The summed E-state index contributed by atoms with van der Waals surface area (Å²) in [6.07, 6.45) is 8.59. The Labute approximate surface area is 116 Å². The molecule has 3 aliphatic rings. The quantitative estimate of drug-likeness (QED) is 0.768. The van der Waals surface area contributed by atoms with Crippen LogP contribution in [0.4, 0.5) is 0 Å². The fourth-order valence-corrected chi connectivity index (χ4v) is 4.19. The van der Waals surface area contributed by atoms with Crippen molar-refractivity contribution < 1.29 is 9.53 Å². The molecule has 0 aromatic rings. The monoisotopic (exact) mass is 265 g/mol. The number of nitrogens with zero attached hydrogens (tertiary/aromatic N) is 1. The SMILES string of the molecule is CC1CCC(=O)C(CN2CCOC3CCCCC32)C1. The second-order valence-electron chi connectivity index (χ2n) is 6.80. The summed E-state index contributed by atoms with van der Waals surface area (Å²) in [5, 5.41) is 0. The maximum atomic E-state index is 12.1. The van der Waals surface area contributed by atoms with Gasteiger partial charge in [0.15, 0.2) is 0 Å². The number of hydrogen-bond acceptors (Lipinski definition) is 3. The Bertz CT molecular complexity index is 329. The van der Waals surface area contributed by atoms with E-state index in [1.165, 1.54) is 25.7 Å². The van der Waals surface area contributed by atoms with Crippen LogP contribution in [0.5, 0.6) is 0 Å². The largest absolute Gasteiger partial charge is 0.375 e. The van der Waals surface area contributed by atoms with E-state index in [9.17, 15) is 4.79 Å². The predicted molar refractivity (Wildman–Crippen MR) is 75.1 cm³/mol. The van der Waals surface area contributed by atoms with Gasteiger partial charge in [-0.2, -0.15) is 0 Å². The summed E-state index contributed by atoms with van der Waals surface area (Å²) in [6, 6.07) is 0.590. The van der Waals surface area contributed by atoms with Crippen LogP contribution in [0.25, 0.3) is 0 Å². The number of Topliss-reactive ketones (excluding diaryl/α,β-unsaturated/α-hetero) is 1. The highest BCUT2D eigenvalue weighted by Gasteiger charge is 2.37. The zero-order chi connectivity index (χ0) is 13.2. The van der Waals surface area contributed by atoms with Crippen molar-refractivity contribution >= 4 is 5.78 Å². The first-order chi connectivity index (χ1) is 9.24. The minimum atomic E-state index is 0.296. The van der Waals surface area contributed by atoms with Crippen LogP contribution >= 0.6 is 0 Å². The van der Waals surface area contributed by atoms with E-state index in [1.807, 2.05) is 0 Å². The first kappa shape index (κ1) is 13.6. The van der Waals surface area contributed by atoms with E-state index >= 15 is 0 Å². The molecule has 4 unspecified atom stereocenters. The van der Waals surface area contributed by atoms with Crippen molar-refractivity contribution in [3.8, 4) is 0 Å². The number of morpholine rings is 1. The van der Waals surface area contributed by atoms with Gasteiger partial charge >= 0.3 is 0 Å². The maximum Gasteiger partial charge on any atom is 0.137 e. The summed E-state index contributed by atoms with van der Waals surface area (Å²) >= 11 is 0. The molecule has 19 heavy (non-hydrogen) atoms. The van der Waals surface area contributed by atoms with Crippen LogP contribution in [0.15, 0.2) is 0 Å². The van der Waals surface area contributed by atoms with Gasteiger partial charge in [0.1, 0.15) is 5.78 Å². The first-order valence-electron chi connectivity index (χ1n) is 8.12. The predicted octanol–water partition coefficient (Wildman–Crippen LogP) is 2.64. The molecule has 3 fully saturated rings. The summed E-state index contributed by atoms with van der Waals surface area (Å²) < 4.78 is 5.92. The molecule has 0 amide bonds. The Morgan fingerprint density at radius 1 is 1.26 bits per heavy atom. The normalized spacial score (nSPS) is 41.0. The fraction of sp³-hybridized carbons (Fsp3) is 0.938. The Morgan fingerprint density at radius 2 is 2.11 bits per heavy atom. The highest BCUT2D eigenvalue weighted by atomic mass is 16.5. The number of carbonyl (C=O) groups is 1. The molecule has 4 atom stereocenters. The second kappa shape index (κ2) is 5.92. The summed E-state index contributed by atoms with van der Waals surface area (Å²) in [5.74, 6) is 1.53. The molecule has 2 saturated carbocycles. The third-order valence-electron chi connectivity index (χ3n) is 5.33. The molecule has 1 heterocycles. The van der Waals surface area contributed by atoms with E-state index in [0.29, 0.717) is 23.8 Å². The highest BCUT2D eigenvalue weighted by Crippen LogP contribution is 2.32. The topological polar surface area (TPSA) is 29.5 Å². The minimum Gasteiger partial charge on any atom is -0.375 e. The van der Waals surface area contributed by atoms with Gasteiger partial charge in [-0.05, 0) is 31.6 Å². The lowest BCUT2D eigenvalue weighted by Crippen LogP contribution is -2.54. The van der Waals surface area contributed by atoms with Crippen molar-refractivity contribution in [2.24, 2.45) is 11.8 Å². The summed E-state index contributed by atoms with van der Waals surface area (Å²) in [5.41, 5.74) is 0. The van der Waals surface area contributed by atoms with Gasteiger partial charge in [-0.25, -0.2) is 0 Å². The average Bonchev–Trinajstić information content (AvgIpc) is 2.43. The Kier molecular flexibility index (Phi) is 4.23. The van der Waals surface area contributed by atoms with Crippen LogP contribution in [0.3, 0.4) is 0 Å². The Morgan fingerprint density at radius 3 is 3.00 bits per heavy atom. The van der Waals surface area contributed by atoms with Gasteiger partial charge in [-0.3, -0.25) is 9.69 Å². The molecule has 0 aromatic carbocycles. The van der Waals surface area contributed by atoms with Gasteiger partial charge in [0.2, 0.25) is 0 Å². The van der Waals surface area contributed by atoms with E-state index < -0.39 is 0 Å².